The van der Waals surface area contributed by atoms with Crippen molar-refractivity contribution in [1.29, 1.82) is 0 Å². The fourth-order valence-electron chi connectivity index (χ4n) is 3.05. The van der Waals surface area contributed by atoms with Crippen LogP contribution in [0.15, 0.2) is 76.1 Å². The molecule has 0 radical (unpaired) electrons. The first-order chi connectivity index (χ1) is 15.4. The van der Waals surface area contributed by atoms with E-state index in [1.807, 2.05) is 36.4 Å². The zero-order valence-corrected chi connectivity index (χ0v) is 20.5. The maximum absolute atomic E-state index is 12.8. The van der Waals surface area contributed by atoms with E-state index < -0.39 is 0 Å². The van der Waals surface area contributed by atoms with Crippen LogP contribution in [-0.2, 0) is 17.9 Å². The van der Waals surface area contributed by atoms with Gasteiger partial charge in [-0.1, -0.05) is 75.5 Å². The minimum Gasteiger partial charge on any atom is -0.487 e. The average molecular weight is 549 g/mol. The molecular formula is C24H16BrCl2NO3S. The van der Waals surface area contributed by atoms with Crippen molar-refractivity contribution in [1.82, 2.24) is 4.90 Å². The summed E-state index contributed by atoms with van der Waals surface area (Å²) in [6, 6.07) is 20.1. The van der Waals surface area contributed by atoms with Crippen molar-refractivity contribution in [2.24, 2.45) is 0 Å². The summed E-state index contributed by atoms with van der Waals surface area (Å²) in [6.07, 6.45) is 1.67. The Morgan fingerprint density at radius 1 is 1.00 bits per heavy atom. The van der Waals surface area contributed by atoms with Crippen LogP contribution in [0.3, 0.4) is 0 Å². The monoisotopic (exact) mass is 547 g/mol. The van der Waals surface area contributed by atoms with E-state index in [-0.39, 0.29) is 17.7 Å². The van der Waals surface area contributed by atoms with Crippen molar-refractivity contribution in [2.45, 2.75) is 13.2 Å². The first-order valence-corrected chi connectivity index (χ1v) is 11.9. The van der Waals surface area contributed by atoms with E-state index in [2.05, 4.69) is 15.9 Å². The van der Waals surface area contributed by atoms with E-state index in [9.17, 15) is 9.59 Å². The molecule has 162 valence electrons. The Bertz CT molecular complexity index is 1210. The third-order valence-electron chi connectivity index (χ3n) is 4.72. The zero-order chi connectivity index (χ0) is 22.7. The van der Waals surface area contributed by atoms with Gasteiger partial charge in [-0.2, -0.15) is 0 Å². The van der Waals surface area contributed by atoms with Gasteiger partial charge >= 0.3 is 0 Å². The molecule has 0 bridgehead atoms. The lowest BCUT2D eigenvalue weighted by Gasteiger charge is -2.13. The first-order valence-electron chi connectivity index (χ1n) is 9.56. The topological polar surface area (TPSA) is 46.6 Å². The molecule has 0 spiro atoms. The number of ether oxygens (including phenoxy) is 1. The minimum atomic E-state index is -0.324. The summed E-state index contributed by atoms with van der Waals surface area (Å²) >= 11 is 16.6. The highest BCUT2D eigenvalue weighted by Crippen LogP contribution is 2.35. The highest BCUT2D eigenvalue weighted by atomic mass is 79.9. The number of nitrogens with zero attached hydrogens (tertiary/aromatic N) is 1. The molecular weight excluding hydrogens is 533 g/mol. The lowest BCUT2D eigenvalue weighted by atomic mass is 10.2. The Morgan fingerprint density at radius 2 is 1.75 bits per heavy atom. The van der Waals surface area contributed by atoms with Gasteiger partial charge in [-0.25, -0.2) is 0 Å². The first kappa shape index (κ1) is 22.9. The average Bonchev–Trinajstić information content (AvgIpc) is 3.03. The molecule has 8 heteroatoms. The molecule has 2 amide bonds. The summed E-state index contributed by atoms with van der Waals surface area (Å²) in [5.74, 6) is 0.204. The lowest BCUT2D eigenvalue weighted by Crippen LogP contribution is -2.27. The van der Waals surface area contributed by atoms with Gasteiger partial charge in [-0.05, 0) is 64.9 Å². The Labute approximate surface area is 208 Å². The van der Waals surface area contributed by atoms with Crippen LogP contribution in [0, 0.1) is 0 Å². The summed E-state index contributed by atoms with van der Waals surface area (Å²) in [4.78, 5) is 26.8. The van der Waals surface area contributed by atoms with Crippen molar-refractivity contribution >= 4 is 68.1 Å². The Kier molecular flexibility index (Phi) is 7.26. The van der Waals surface area contributed by atoms with Crippen LogP contribution in [0.25, 0.3) is 6.08 Å². The standard InChI is InChI=1S/C24H16BrCl2NO3S/c25-19-4-2-1-3-17(19)13-28-23(29)22(32-24(28)30)12-16-7-10-21(20(27)11-16)31-14-15-5-8-18(26)9-6-15/h1-12H,13-14H2/b22-12-. The normalized spacial score (nSPS) is 15.0. The fourth-order valence-corrected chi connectivity index (χ4v) is 4.67. The smallest absolute Gasteiger partial charge is 0.293 e. The van der Waals surface area contributed by atoms with Gasteiger partial charge < -0.3 is 4.74 Å². The highest BCUT2D eigenvalue weighted by molar-refractivity contribution is 9.10. The van der Waals surface area contributed by atoms with E-state index in [4.69, 9.17) is 27.9 Å². The summed E-state index contributed by atoms with van der Waals surface area (Å²) in [5, 5.41) is 0.781. The summed E-state index contributed by atoms with van der Waals surface area (Å²) < 4.78 is 6.64. The van der Waals surface area contributed by atoms with Gasteiger partial charge in [0.2, 0.25) is 0 Å². The molecule has 1 aliphatic heterocycles. The Balaban J connectivity index is 1.45. The van der Waals surface area contributed by atoms with Gasteiger partial charge in [0.15, 0.2) is 0 Å². The van der Waals surface area contributed by atoms with Gasteiger partial charge in [-0.3, -0.25) is 14.5 Å². The fraction of sp³-hybridized carbons (Fsp3) is 0.0833. The predicted molar refractivity (Wildman–Crippen MR) is 133 cm³/mol. The molecule has 0 aliphatic carbocycles. The van der Waals surface area contributed by atoms with Crippen molar-refractivity contribution in [2.75, 3.05) is 0 Å². The second kappa shape index (κ2) is 10.1. The quantitative estimate of drug-likeness (QED) is 0.298. The van der Waals surface area contributed by atoms with Crippen LogP contribution in [-0.4, -0.2) is 16.0 Å². The van der Waals surface area contributed by atoms with Gasteiger partial charge in [0.1, 0.15) is 12.4 Å². The van der Waals surface area contributed by atoms with Crippen molar-refractivity contribution < 1.29 is 14.3 Å². The molecule has 32 heavy (non-hydrogen) atoms. The number of amides is 2. The van der Waals surface area contributed by atoms with Crippen LogP contribution in [0.1, 0.15) is 16.7 Å². The molecule has 4 nitrogen and oxygen atoms in total. The number of carbonyl (C=O) groups is 2. The molecule has 1 fully saturated rings. The third-order valence-corrected chi connectivity index (χ3v) is 6.95. The maximum Gasteiger partial charge on any atom is 0.293 e. The lowest BCUT2D eigenvalue weighted by molar-refractivity contribution is -0.123. The molecule has 3 aromatic carbocycles. The molecule has 0 N–H and O–H groups in total. The number of benzene rings is 3. The molecule has 4 rings (SSSR count). The maximum atomic E-state index is 12.8. The molecule has 1 heterocycles. The molecule has 1 saturated heterocycles. The Hall–Kier alpha value is -2.25. The van der Waals surface area contributed by atoms with Gasteiger partial charge in [0.25, 0.3) is 11.1 Å². The third kappa shape index (κ3) is 5.38. The van der Waals surface area contributed by atoms with Crippen LogP contribution < -0.4 is 4.74 Å². The molecule has 0 unspecified atom stereocenters. The minimum absolute atomic E-state index is 0.210. The number of carbonyl (C=O) groups excluding carboxylic acids is 2. The van der Waals surface area contributed by atoms with E-state index >= 15 is 0 Å². The highest BCUT2D eigenvalue weighted by Gasteiger charge is 2.35. The van der Waals surface area contributed by atoms with Gasteiger partial charge in [0, 0.05) is 9.50 Å². The van der Waals surface area contributed by atoms with E-state index in [0.717, 1.165) is 27.4 Å². The second-order valence-corrected chi connectivity index (χ2v) is 9.66. The second-order valence-electron chi connectivity index (χ2n) is 6.96. The van der Waals surface area contributed by atoms with E-state index in [1.165, 1.54) is 4.90 Å². The molecule has 0 aromatic heterocycles. The van der Waals surface area contributed by atoms with E-state index in [0.29, 0.717) is 32.9 Å². The number of hydrogen-bond acceptors (Lipinski definition) is 4. The van der Waals surface area contributed by atoms with Crippen molar-refractivity contribution in [3.8, 4) is 5.75 Å². The zero-order valence-electron chi connectivity index (χ0n) is 16.6. The van der Waals surface area contributed by atoms with E-state index in [1.54, 1.807) is 36.4 Å². The van der Waals surface area contributed by atoms with Crippen LogP contribution in [0.2, 0.25) is 10.0 Å². The summed E-state index contributed by atoms with van der Waals surface area (Å²) in [5.41, 5.74) is 2.54. The molecule has 3 aromatic rings. The number of imide groups is 1. The summed E-state index contributed by atoms with van der Waals surface area (Å²) in [7, 11) is 0. The predicted octanol–water partition coefficient (Wildman–Crippen LogP) is 7.57. The number of halogens is 3. The Morgan fingerprint density at radius 3 is 2.47 bits per heavy atom. The van der Waals surface area contributed by atoms with Crippen molar-refractivity contribution in [3.63, 3.8) is 0 Å². The number of rotatable bonds is 6. The van der Waals surface area contributed by atoms with Gasteiger partial charge in [0.05, 0.1) is 16.5 Å². The van der Waals surface area contributed by atoms with Crippen molar-refractivity contribution in [3.05, 3.63) is 103 Å². The summed E-state index contributed by atoms with van der Waals surface area (Å²) in [6.45, 7) is 0.561. The SMILES string of the molecule is O=C1S/C(=C\c2ccc(OCc3ccc(Cl)cc3)c(Cl)c2)C(=O)N1Cc1ccccc1Br. The van der Waals surface area contributed by atoms with Crippen LogP contribution in [0.4, 0.5) is 4.79 Å². The molecule has 0 atom stereocenters. The number of hydrogen-bond donors (Lipinski definition) is 0. The van der Waals surface area contributed by atoms with Crippen LogP contribution in [0.5, 0.6) is 5.75 Å². The molecule has 1 aliphatic rings. The van der Waals surface area contributed by atoms with Gasteiger partial charge in [-0.15, -0.1) is 0 Å². The molecule has 0 saturated carbocycles. The van der Waals surface area contributed by atoms with Crippen LogP contribution >= 0.6 is 50.9 Å². The largest absolute Gasteiger partial charge is 0.487 e. The number of thioether (sulfide) groups is 1.